The van der Waals surface area contributed by atoms with Crippen molar-refractivity contribution in [1.29, 1.82) is 0 Å². The molecule has 0 amide bonds. The molecule has 0 aliphatic heterocycles. The molecule has 0 heterocycles. The summed E-state index contributed by atoms with van der Waals surface area (Å²) in [5.41, 5.74) is 11.7. The molecule has 0 saturated heterocycles. The van der Waals surface area contributed by atoms with Crippen LogP contribution in [0.2, 0.25) is 0 Å². The number of allylic oxidation sites excluding steroid dienone is 1. The molecule has 1 heteroatoms. The number of aryl methyl sites for hydroxylation is 1. The maximum absolute atomic E-state index is 5.79. The summed E-state index contributed by atoms with van der Waals surface area (Å²) in [4.78, 5) is 0. The lowest BCUT2D eigenvalue weighted by Gasteiger charge is -2.17. The molecule has 0 spiro atoms. The van der Waals surface area contributed by atoms with Gasteiger partial charge in [0, 0.05) is 5.69 Å². The van der Waals surface area contributed by atoms with Crippen molar-refractivity contribution in [2.75, 3.05) is 5.73 Å². The van der Waals surface area contributed by atoms with Gasteiger partial charge in [0.2, 0.25) is 0 Å². The maximum Gasteiger partial charge on any atom is 0.0314 e. The summed E-state index contributed by atoms with van der Waals surface area (Å²) >= 11 is 0. The van der Waals surface area contributed by atoms with E-state index < -0.39 is 0 Å². The smallest absolute Gasteiger partial charge is 0.0314 e. The summed E-state index contributed by atoms with van der Waals surface area (Å²) < 4.78 is 0. The third kappa shape index (κ3) is 3.74. The first-order chi connectivity index (χ1) is 9.35. The van der Waals surface area contributed by atoms with Crippen molar-refractivity contribution in [3.63, 3.8) is 0 Å². The lowest BCUT2D eigenvalue weighted by Crippen LogP contribution is -2.02. The van der Waals surface area contributed by atoms with Gasteiger partial charge in [-0.1, -0.05) is 68.8 Å². The molecule has 0 atom stereocenters. The largest absolute Gasteiger partial charge is 0.399 e. The van der Waals surface area contributed by atoms with Crippen LogP contribution in [0.4, 0.5) is 5.69 Å². The second kappa shape index (κ2) is 5.54. The van der Waals surface area contributed by atoms with Crippen molar-refractivity contribution in [1.82, 2.24) is 0 Å². The van der Waals surface area contributed by atoms with Crippen LogP contribution in [0, 0.1) is 12.3 Å². The molecule has 2 aromatic carbocycles. The minimum Gasteiger partial charge on any atom is -0.399 e. The predicted octanol–water partition coefficient (Wildman–Crippen LogP) is 5.06. The number of benzene rings is 2. The van der Waals surface area contributed by atoms with E-state index in [1.165, 1.54) is 22.3 Å². The summed E-state index contributed by atoms with van der Waals surface area (Å²) in [6, 6.07) is 16.8. The Morgan fingerprint density at radius 2 is 1.30 bits per heavy atom. The third-order valence-corrected chi connectivity index (χ3v) is 3.16. The molecule has 0 bridgehead atoms. The van der Waals surface area contributed by atoms with Crippen molar-refractivity contribution in [3.05, 3.63) is 71.3 Å². The Balaban J connectivity index is 2.53. The first-order valence-electron chi connectivity index (χ1n) is 7.01. The van der Waals surface area contributed by atoms with Gasteiger partial charge in [-0.25, -0.2) is 0 Å². The van der Waals surface area contributed by atoms with Crippen LogP contribution >= 0.6 is 0 Å². The van der Waals surface area contributed by atoms with Crippen LogP contribution in [-0.4, -0.2) is 0 Å². The lowest BCUT2D eigenvalue weighted by molar-refractivity contribution is 0.546. The molecule has 0 radical (unpaired) electrons. The van der Waals surface area contributed by atoms with Crippen molar-refractivity contribution >= 4 is 11.3 Å². The zero-order valence-corrected chi connectivity index (χ0v) is 12.8. The Morgan fingerprint density at radius 3 is 1.75 bits per heavy atom. The molecule has 0 aromatic heterocycles. The van der Waals surface area contributed by atoms with E-state index in [4.69, 9.17) is 5.73 Å². The average Bonchev–Trinajstić information content (AvgIpc) is 2.37. The summed E-state index contributed by atoms with van der Waals surface area (Å²) in [6.07, 6.45) is 2.32. The molecule has 2 aromatic rings. The van der Waals surface area contributed by atoms with Crippen LogP contribution < -0.4 is 5.73 Å². The molecular formula is C19H23N. The van der Waals surface area contributed by atoms with Gasteiger partial charge in [0.25, 0.3) is 0 Å². The molecule has 0 unspecified atom stereocenters. The molecule has 0 saturated carbocycles. The Kier molecular flexibility index (Phi) is 3.99. The Hall–Kier alpha value is -2.02. The fraction of sp³-hybridized carbons (Fsp3) is 0.263. The molecule has 0 aliphatic rings. The van der Waals surface area contributed by atoms with Gasteiger partial charge < -0.3 is 5.73 Å². The molecule has 2 N–H and O–H groups in total. The zero-order chi connectivity index (χ0) is 14.8. The quantitative estimate of drug-likeness (QED) is 0.755. The highest BCUT2D eigenvalue weighted by atomic mass is 14.5. The highest BCUT2D eigenvalue weighted by Gasteiger charge is 2.12. The van der Waals surface area contributed by atoms with Gasteiger partial charge in [0.15, 0.2) is 0 Å². The number of nitrogens with two attached hydrogens (primary N) is 1. The van der Waals surface area contributed by atoms with Crippen molar-refractivity contribution < 1.29 is 0 Å². The average molecular weight is 265 g/mol. The van der Waals surface area contributed by atoms with E-state index in [1.807, 2.05) is 12.1 Å². The topological polar surface area (TPSA) is 26.0 Å². The maximum atomic E-state index is 5.79. The Labute approximate surface area is 122 Å². The highest BCUT2D eigenvalue weighted by molar-refractivity contribution is 5.80. The summed E-state index contributed by atoms with van der Waals surface area (Å²) in [5.74, 6) is 0. The molecule has 2 rings (SSSR count). The molecule has 0 aliphatic carbocycles. The summed E-state index contributed by atoms with van der Waals surface area (Å²) in [6.45, 7) is 8.77. The molecule has 1 nitrogen and oxygen atoms in total. The predicted molar refractivity (Wildman–Crippen MR) is 88.6 cm³/mol. The standard InChI is InChI=1S/C19H23N/c1-14-5-7-15(8-6-14)18(13-19(2,3)4)16-9-11-17(20)12-10-16/h5-13H,20H2,1-4H3/b18-13-. The van der Waals surface area contributed by atoms with Crippen LogP contribution in [-0.2, 0) is 0 Å². The fourth-order valence-electron chi connectivity index (χ4n) is 2.16. The number of anilines is 1. The van der Waals surface area contributed by atoms with Crippen molar-refractivity contribution in [2.45, 2.75) is 27.7 Å². The highest BCUT2D eigenvalue weighted by Crippen LogP contribution is 2.30. The minimum atomic E-state index is 0.127. The van der Waals surface area contributed by atoms with Gasteiger partial charge in [0.05, 0.1) is 0 Å². The number of rotatable bonds is 2. The van der Waals surface area contributed by atoms with Gasteiger partial charge in [-0.05, 0) is 41.2 Å². The minimum absolute atomic E-state index is 0.127. The van der Waals surface area contributed by atoms with Gasteiger partial charge in [0.1, 0.15) is 0 Å². The van der Waals surface area contributed by atoms with Gasteiger partial charge in [-0.2, -0.15) is 0 Å². The SMILES string of the molecule is Cc1ccc(/C(=C/C(C)(C)C)c2ccc(N)cc2)cc1. The van der Waals surface area contributed by atoms with E-state index in [2.05, 4.69) is 70.2 Å². The summed E-state index contributed by atoms with van der Waals surface area (Å²) in [7, 11) is 0. The number of hydrogen-bond donors (Lipinski definition) is 1. The monoisotopic (exact) mass is 265 g/mol. The van der Waals surface area contributed by atoms with Crippen LogP contribution in [0.15, 0.2) is 54.6 Å². The van der Waals surface area contributed by atoms with Crippen LogP contribution in [0.1, 0.15) is 37.5 Å². The second-order valence-corrected chi connectivity index (χ2v) is 6.41. The third-order valence-electron chi connectivity index (χ3n) is 3.16. The Morgan fingerprint density at radius 1 is 0.850 bits per heavy atom. The second-order valence-electron chi connectivity index (χ2n) is 6.41. The van der Waals surface area contributed by atoms with E-state index in [9.17, 15) is 0 Å². The van der Waals surface area contributed by atoms with Crippen LogP contribution in [0.3, 0.4) is 0 Å². The van der Waals surface area contributed by atoms with E-state index in [-0.39, 0.29) is 5.41 Å². The normalized spacial score (nSPS) is 12.5. The Bertz CT molecular complexity index is 548. The number of nitrogen functional groups attached to an aromatic ring is 1. The zero-order valence-electron chi connectivity index (χ0n) is 12.8. The first-order valence-corrected chi connectivity index (χ1v) is 7.01. The lowest BCUT2D eigenvalue weighted by atomic mass is 9.87. The van der Waals surface area contributed by atoms with Crippen molar-refractivity contribution in [3.8, 4) is 0 Å². The first kappa shape index (κ1) is 14.4. The van der Waals surface area contributed by atoms with Crippen LogP contribution in [0.5, 0.6) is 0 Å². The molecule has 104 valence electrons. The summed E-state index contributed by atoms with van der Waals surface area (Å²) in [5, 5.41) is 0. The van der Waals surface area contributed by atoms with Crippen molar-refractivity contribution in [2.24, 2.45) is 5.41 Å². The van der Waals surface area contributed by atoms with E-state index in [1.54, 1.807) is 0 Å². The number of hydrogen-bond acceptors (Lipinski definition) is 1. The molecular weight excluding hydrogens is 242 g/mol. The van der Waals surface area contributed by atoms with E-state index in [0.717, 1.165) is 5.69 Å². The molecule has 20 heavy (non-hydrogen) atoms. The van der Waals surface area contributed by atoms with Gasteiger partial charge >= 0.3 is 0 Å². The fourth-order valence-corrected chi connectivity index (χ4v) is 2.16. The van der Waals surface area contributed by atoms with Crippen LogP contribution in [0.25, 0.3) is 5.57 Å². The van der Waals surface area contributed by atoms with E-state index in [0.29, 0.717) is 0 Å². The van der Waals surface area contributed by atoms with E-state index >= 15 is 0 Å². The molecule has 0 fully saturated rings. The van der Waals surface area contributed by atoms with Gasteiger partial charge in [-0.3, -0.25) is 0 Å². The van der Waals surface area contributed by atoms with Gasteiger partial charge in [-0.15, -0.1) is 0 Å².